The van der Waals surface area contributed by atoms with Crippen molar-refractivity contribution in [1.82, 2.24) is 10.2 Å². The summed E-state index contributed by atoms with van der Waals surface area (Å²) in [5, 5.41) is 3.57. The highest BCUT2D eigenvalue weighted by Crippen LogP contribution is 2.20. The molecule has 94 valence electrons. The summed E-state index contributed by atoms with van der Waals surface area (Å²) >= 11 is 0. The molecule has 0 aromatic rings. The molecule has 16 heavy (non-hydrogen) atoms. The van der Waals surface area contributed by atoms with Gasteiger partial charge in [-0.15, -0.1) is 0 Å². The molecule has 0 radical (unpaired) electrons. The molecular weight excluding hydrogens is 200 g/mol. The second-order valence-corrected chi connectivity index (χ2v) is 5.37. The zero-order valence-corrected chi connectivity index (χ0v) is 10.7. The zero-order chi connectivity index (χ0) is 11.4. The minimum Gasteiger partial charge on any atom is -0.380 e. The summed E-state index contributed by atoms with van der Waals surface area (Å²) in [6.07, 6.45) is 5.79. The fourth-order valence-electron chi connectivity index (χ4n) is 3.06. The molecular formula is C13H26N2O. The van der Waals surface area contributed by atoms with Gasteiger partial charge in [0.25, 0.3) is 0 Å². The minimum absolute atomic E-state index is 0.441. The molecule has 0 amide bonds. The quantitative estimate of drug-likeness (QED) is 0.786. The predicted octanol–water partition coefficient (Wildman–Crippen LogP) is 1.49. The van der Waals surface area contributed by atoms with Crippen LogP contribution in [0.4, 0.5) is 0 Å². The van der Waals surface area contributed by atoms with Gasteiger partial charge in [0.05, 0.1) is 6.10 Å². The summed E-state index contributed by atoms with van der Waals surface area (Å²) in [5.74, 6) is 0.938. The van der Waals surface area contributed by atoms with E-state index in [4.69, 9.17) is 4.74 Å². The average Bonchev–Trinajstić information content (AvgIpc) is 2.77. The molecule has 0 saturated carbocycles. The standard InChI is InChI=1S/C13H26N2O/c1-3-11-5-4-6-15(9-11)10-12-7-13(16-2)8-14-12/h11-14H,3-10H2,1-2H3. The van der Waals surface area contributed by atoms with Crippen LogP contribution in [0.3, 0.4) is 0 Å². The van der Waals surface area contributed by atoms with Gasteiger partial charge in [0, 0.05) is 32.8 Å². The number of methoxy groups -OCH3 is 1. The number of nitrogens with one attached hydrogen (secondary N) is 1. The summed E-state index contributed by atoms with van der Waals surface area (Å²) in [4.78, 5) is 2.65. The van der Waals surface area contributed by atoms with Crippen LogP contribution in [0, 0.1) is 5.92 Å². The van der Waals surface area contributed by atoms with Gasteiger partial charge in [-0.3, -0.25) is 0 Å². The summed E-state index contributed by atoms with van der Waals surface area (Å²) in [5.41, 5.74) is 0. The highest BCUT2D eigenvalue weighted by atomic mass is 16.5. The van der Waals surface area contributed by atoms with Crippen LogP contribution in [0.25, 0.3) is 0 Å². The number of nitrogens with zero attached hydrogens (tertiary/aromatic N) is 1. The zero-order valence-electron chi connectivity index (χ0n) is 10.7. The van der Waals surface area contributed by atoms with Gasteiger partial charge in [0.2, 0.25) is 0 Å². The van der Waals surface area contributed by atoms with E-state index in [1.54, 1.807) is 0 Å². The minimum atomic E-state index is 0.441. The third kappa shape index (κ3) is 3.19. The lowest BCUT2D eigenvalue weighted by Crippen LogP contribution is -2.42. The van der Waals surface area contributed by atoms with Crippen molar-refractivity contribution < 1.29 is 4.74 Å². The summed E-state index contributed by atoms with van der Waals surface area (Å²) in [6.45, 7) is 7.18. The highest BCUT2D eigenvalue weighted by Gasteiger charge is 2.27. The first-order valence-electron chi connectivity index (χ1n) is 6.80. The smallest absolute Gasteiger partial charge is 0.0711 e. The molecule has 0 bridgehead atoms. The van der Waals surface area contributed by atoms with Crippen LogP contribution in [-0.2, 0) is 4.74 Å². The van der Waals surface area contributed by atoms with Gasteiger partial charge >= 0.3 is 0 Å². The van der Waals surface area contributed by atoms with Gasteiger partial charge in [-0.25, -0.2) is 0 Å². The van der Waals surface area contributed by atoms with E-state index in [1.165, 1.54) is 45.3 Å². The first-order chi connectivity index (χ1) is 7.81. The Bertz CT molecular complexity index is 210. The van der Waals surface area contributed by atoms with Crippen molar-refractivity contribution >= 4 is 0 Å². The van der Waals surface area contributed by atoms with Crippen molar-refractivity contribution in [3.8, 4) is 0 Å². The van der Waals surface area contributed by atoms with E-state index >= 15 is 0 Å². The maximum atomic E-state index is 5.39. The fraction of sp³-hybridized carbons (Fsp3) is 1.00. The van der Waals surface area contributed by atoms with Crippen molar-refractivity contribution in [2.75, 3.05) is 33.3 Å². The van der Waals surface area contributed by atoms with Crippen LogP contribution < -0.4 is 5.32 Å². The number of ether oxygens (including phenoxy) is 1. The molecule has 3 unspecified atom stereocenters. The third-order valence-corrected chi connectivity index (χ3v) is 4.17. The van der Waals surface area contributed by atoms with Crippen molar-refractivity contribution in [3.63, 3.8) is 0 Å². The molecule has 2 heterocycles. The van der Waals surface area contributed by atoms with Gasteiger partial charge in [-0.05, 0) is 31.7 Å². The molecule has 3 heteroatoms. The topological polar surface area (TPSA) is 24.5 Å². The molecule has 0 spiro atoms. The number of hydrogen-bond donors (Lipinski definition) is 1. The van der Waals surface area contributed by atoms with Crippen LogP contribution in [0.5, 0.6) is 0 Å². The van der Waals surface area contributed by atoms with Crippen molar-refractivity contribution in [3.05, 3.63) is 0 Å². The molecule has 0 aromatic carbocycles. The third-order valence-electron chi connectivity index (χ3n) is 4.17. The maximum Gasteiger partial charge on any atom is 0.0711 e. The summed E-state index contributed by atoms with van der Waals surface area (Å²) in [6, 6.07) is 0.653. The Labute approximate surface area is 99.5 Å². The van der Waals surface area contributed by atoms with E-state index in [-0.39, 0.29) is 0 Å². The van der Waals surface area contributed by atoms with Crippen LogP contribution >= 0.6 is 0 Å². The van der Waals surface area contributed by atoms with Gasteiger partial charge < -0.3 is 15.0 Å². The van der Waals surface area contributed by atoms with E-state index < -0.39 is 0 Å². The number of hydrogen-bond acceptors (Lipinski definition) is 3. The fourth-order valence-corrected chi connectivity index (χ4v) is 3.06. The Morgan fingerprint density at radius 1 is 1.44 bits per heavy atom. The Kier molecular flexibility index (Phi) is 4.62. The number of likely N-dealkylation sites (tertiary alicyclic amines) is 1. The molecule has 0 aromatic heterocycles. The van der Waals surface area contributed by atoms with Gasteiger partial charge in [0.1, 0.15) is 0 Å². The predicted molar refractivity (Wildman–Crippen MR) is 66.7 cm³/mol. The van der Waals surface area contributed by atoms with Crippen LogP contribution in [0.2, 0.25) is 0 Å². The lowest BCUT2D eigenvalue weighted by atomic mass is 9.95. The van der Waals surface area contributed by atoms with E-state index in [9.17, 15) is 0 Å². The first kappa shape index (κ1) is 12.3. The van der Waals surface area contributed by atoms with Crippen LogP contribution in [0.15, 0.2) is 0 Å². The largest absolute Gasteiger partial charge is 0.380 e. The Morgan fingerprint density at radius 3 is 3.00 bits per heavy atom. The van der Waals surface area contributed by atoms with E-state index in [1.807, 2.05) is 7.11 Å². The van der Waals surface area contributed by atoms with E-state index in [0.29, 0.717) is 12.1 Å². The summed E-state index contributed by atoms with van der Waals surface area (Å²) in [7, 11) is 1.82. The highest BCUT2D eigenvalue weighted by molar-refractivity contribution is 4.85. The normalized spacial score (nSPS) is 36.8. The van der Waals surface area contributed by atoms with Crippen molar-refractivity contribution in [2.24, 2.45) is 5.92 Å². The average molecular weight is 226 g/mol. The van der Waals surface area contributed by atoms with Crippen LogP contribution in [0.1, 0.15) is 32.6 Å². The second-order valence-electron chi connectivity index (χ2n) is 5.37. The van der Waals surface area contributed by atoms with E-state index in [2.05, 4.69) is 17.1 Å². The number of piperidine rings is 1. The lowest BCUT2D eigenvalue weighted by Gasteiger charge is -2.33. The molecule has 3 atom stereocenters. The molecule has 3 nitrogen and oxygen atoms in total. The maximum absolute atomic E-state index is 5.39. The Morgan fingerprint density at radius 2 is 2.31 bits per heavy atom. The molecule has 2 aliphatic heterocycles. The monoisotopic (exact) mass is 226 g/mol. The Hall–Kier alpha value is -0.120. The second kappa shape index (κ2) is 5.99. The first-order valence-corrected chi connectivity index (χ1v) is 6.80. The van der Waals surface area contributed by atoms with E-state index in [0.717, 1.165) is 12.5 Å². The SMILES string of the molecule is CCC1CCCN(CC2CC(OC)CN2)C1. The molecule has 2 rings (SSSR count). The van der Waals surface area contributed by atoms with Gasteiger partial charge in [-0.1, -0.05) is 13.3 Å². The van der Waals surface area contributed by atoms with Gasteiger partial charge in [-0.2, -0.15) is 0 Å². The molecule has 1 N–H and O–H groups in total. The Balaban J connectivity index is 1.73. The lowest BCUT2D eigenvalue weighted by molar-refractivity contribution is 0.112. The van der Waals surface area contributed by atoms with Crippen LogP contribution in [-0.4, -0.2) is 50.3 Å². The molecule has 2 aliphatic rings. The van der Waals surface area contributed by atoms with Crippen molar-refractivity contribution in [2.45, 2.75) is 44.8 Å². The molecule has 0 aliphatic carbocycles. The number of rotatable bonds is 4. The van der Waals surface area contributed by atoms with Crippen molar-refractivity contribution in [1.29, 1.82) is 0 Å². The summed E-state index contributed by atoms with van der Waals surface area (Å²) < 4.78 is 5.39. The molecule has 2 fully saturated rings. The van der Waals surface area contributed by atoms with Gasteiger partial charge in [0.15, 0.2) is 0 Å². The molecule has 2 saturated heterocycles.